The van der Waals surface area contributed by atoms with E-state index in [9.17, 15) is 8.42 Å². The van der Waals surface area contributed by atoms with Crippen molar-refractivity contribution in [2.24, 2.45) is 0 Å². The van der Waals surface area contributed by atoms with Gasteiger partial charge >= 0.3 is 0 Å². The van der Waals surface area contributed by atoms with E-state index in [0.717, 1.165) is 0 Å². The van der Waals surface area contributed by atoms with E-state index in [1.54, 1.807) is 0 Å². The second kappa shape index (κ2) is 2.71. The summed E-state index contributed by atoms with van der Waals surface area (Å²) >= 11 is 5.10. The molecule has 0 amide bonds. The summed E-state index contributed by atoms with van der Waals surface area (Å²) in [5, 5.41) is 0.0278. The molecule has 0 radical (unpaired) electrons. The second-order valence-electron chi connectivity index (χ2n) is 1.20. The van der Waals surface area contributed by atoms with Gasteiger partial charge in [0.1, 0.15) is 0 Å². The molecule has 0 aromatic carbocycles. The highest BCUT2D eigenvalue weighted by Crippen LogP contribution is 2.05. The molecule has 5 heteroatoms. The van der Waals surface area contributed by atoms with Crippen molar-refractivity contribution in [3.8, 4) is 0 Å². The lowest BCUT2D eigenvalue weighted by Crippen LogP contribution is -1.94. The van der Waals surface area contributed by atoms with E-state index in [-0.39, 0.29) is 10.8 Å². The van der Waals surface area contributed by atoms with E-state index in [4.69, 9.17) is 22.3 Å². The van der Waals surface area contributed by atoms with Gasteiger partial charge in [0.05, 0.1) is 5.75 Å². The molecule has 0 saturated heterocycles. The lowest BCUT2D eigenvalue weighted by molar-refractivity contribution is 0.612. The van der Waals surface area contributed by atoms with E-state index in [2.05, 4.69) is 6.58 Å². The molecular weight excluding hydrogens is 171 g/mol. The summed E-state index contributed by atoms with van der Waals surface area (Å²) in [4.78, 5) is 0. The standard InChI is InChI=1S/C3H4Cl2O2S/c1-3(4)2-8(5,6)7/h1-2H2. The third-order valence-corrected chi connectivity index (χ3v) is 1.64. The second-order valence-corrected chi connectivity index (χ2v) is 4.51. The Morgan fingerprint density at radius 1 is 1.62 bits per heavy atom. The van der Waals surface area contributed by atoms with Gasteiger partial charge in [0.2, 0.25) is 9.05 Å². The smallest absolute Gasteiger partial charge is 0.212 e. The van der Waals surface area contributed by atoms with Gasteiger partial charge in [0.15, 0.2) is 0 Å². The Bertz CT molecular complexity index is 181. The third-order valence-electron chi connectivity index (χ3n) is 0.329. The molecule has 48 valence electrons. The van der Waals surface area contributed by atoms with Crippen molar-refractivity contribution in [1.29, 1.82) is 0 Å². The molecule has 0 aliphatic rings. The van der Waals surface area contributed by atoms with E-state index >= 15 is 0 Å². The van der Waals surface area contributed by atoms with Crippen LogP contribution in [0.3, 0.4) is 0 Å². The summed E-state index contributed by atoms with van der Waals surface area (Å²) in [5.41, 5.74) is 0. The topological polar surface area (TPSA) is 34.1 Å². The van der Waals surface area contributed by atoms with Gasteiger partial charge in [-0.25, -0.2) is 8.42 Å². The van der Waals surface area contributed by atoms with Crippen molar-refractivity contribution in [2.75, 3.05) is 5.75 Å². The molecule has 0 fully saturated rings. The van der Waals surface area contributed by atoms with Crippen LogP contribution in [0.5, 0.6) is 0 Å². The Balaban J connectivity index is 3.95. The summed E-state index contributed by atoms with van der Waals surface area (Å²) < 4.78 is 20.1. The lowest BCUT2D eigenvalue weighted by atomic mass is 10.8. The van der Waals surface area contributed by atoms with Gasteiger partial charge in [-0.05, 0) is 0 Å². The van der Waals surface area contributed by atoms with Crippen LogP contribution in [0.1, 0.15) is 0 Å². The van der Waals surface area contributed by atoms with Crippen molar-refractivity contribution < 1.29 is 8.42 Å². The maximum atomic E-state index is 10.1. The van der Waals surface area contributed by atoms with Gasteiger partial charge in [0.25, 0.3) is 0 Å². The van der Waals surface area contributed by atoms with Crippen LogP contribution in [0.2, 0.25) is 0 Å². The fraction of sp³-hybridized carbons (Fsp3) is 0.333. The van der Waals surface area contributed by atoms with Crippen LogP contribution < -0.4 is 0 Å². The number of hydrogen-bond donors (Lipinski definition) is 0. The first-order valence-corrected chi connectivity index (χ1v) is 4.53. The third kappa shape index (κ3) is 6.27. The van der Waals surface area contributed by atoms with Crippen molar-refractivity contribution in [3.05, 3.63) is 11.6 Å². The fourth-order valence-corrected chi connectivity index (χ4v) is 1.55. The first kappa shape index (κ1) is 8.27. The Labute approximate surface area is 57.5 Å². The van der Waals surface area contributed by atoms with Crippen LogP contribution >= 0.6 is 22.3 Å². The van der Waals surface area contributed by atoms with Gasteiger partial charge in [-0.1, -0.05) is 18.2 Å². The van der Waals surface area contributed by atoms with Crippen LogP contribution in [0.15, 0.2) is 11.6 Å². The zero-order chi connectivity index (χ0) is 6.78. The summed E-state index contributed by atoms with van der Waals surface area (Å²) in [6.07, 6.45) is 0. The average Bonchev–Trinajstić information content (AvgIpc) is 1.21. The maximum absolute atomic E-state index is 10.1. The molecule has 0 N–H and O–H groups in total. The molecule has 0 heterocycles. The molecule has 0 unspecified atom stereocenters. The average molecular weight is 175 g/mol. The molecule has 0 saturated carbocycles. The molecule has 0 aromatic heterocycles. The van der Waals surface area contributed by atoms with Gasteiger partial charge in [-0.15, -0.1) is 0 Å². The first-order chi connectivity index (χ1) is 3.42. The highest BCUT2D eigenvalue weighted by atomic mass is 35.7. The zero-order valence-electron chi connectivity index (χ0n) is 3.89. The molecule has 2 nitrogen and oxygen atoms in total. The maximum Gasteiger partial charge on any atom is 0.237 e. The summed E-state index contributed by atoms with van der Waals surface area (Å²) in [6, 6.07) is 0. The fourth-order valence-electron chi connectivity index (χ4n) is 0.187. The van der Waals surface area contributed by atoms with Crippen molar-refractivity contribution >= 4 is 31.3 Å². The van der Waals surface area contributed by atoms with E-state index < -0.39 is 9.05 Å². The zero-order valence-corrected chi connectivity index (χ0v) is 6.22. The molecule has 0 aromatic rings. The summed E-state index contributed by atoms with van der Waals surface area (Å²) in [5.74, 6) is -0.365. The molecule has 0 spiro atoms. The molecular formula is C3H4Cl2O2S. The largest absolute Gasteiger partial charge is 0.237 e. The van der Waals surface area contributed by atoms with E-state index in [1.807, 2.05) is 0 Å². The SMILES string of the molecule is C=C(Cl)CS(=O)(=O)Cl. The van der Waals surface area contributed by atoms with Crippen molar-refractivity contribution in [1.82, 2.24) is 0 Å². The number of hydrogen-bond acceptors (Lipinski definition) is 2. The molecule has 0 atom stereocenters. The van der Waals surface area contributed by atoms with Crippen molar-refractivity contribution in [3.63, 3.8) is 0 Å². The number of halogens is 2. The van der Waals surface area contributed by atoms with Crippen LogP contribution in [-0.2, 0) is 9.05 Å². The highest BCUT2D eigenvalue weighted by molar-refractivity contribution is 8.13. The van der Waals surface area contributed by atoms with Gasteiger partial charge in [-0.3, -0.25) is 0 Å². The number of rotatable bonds is 2. The van der Waals surface area contributed by atoms with Gasteiger partial charge < -0.3 is 0 Å². The Kier molecular flexibility index (Phi) is 2.80. The van der Waals surface area contributed by atoms with Crippen molar-refractivity contribution in [2.45, 2.75) is 0 Å². The molecule has 8 heavy (non-hydrogen) atoms. The van der Waals surface area contributed by atoms with Crippen LogP contribution in [0.25, 0.3) is 0 Å². The molecule has 0 aliphatic carbocycles. The van der Waals surface area contributed by atoms with E-state index in [1.165, 1.54) is 0 Å². The lowest BCUT2D eigenvalue weighted by Gasteiger charge is -1.87. The predicted molar refractivity (Wildman–Crippen MR) is 34.6 cm³/mol. The monoisotopic (exact) mass is 174 g/mol. The van der Waals surface area contributed by atoms with E-state index in [0.29, 0.717) is 0 Å². The van der Waals surface area contributed by atoms with Crippen LogP contribution in [0, 0.1) is 0 Å². The first-order valence-electron chi connectivity index (χ1n) is 1.67. The minimum absolute atomic E-state index is 0.0278. The van der Waals surface area contributed by atoms with Crippen LogP contribution in [-0.4, -0.2) is 14.2 Å². The predicted octanol–water partition coefficient (Wildman–Crippen LogP) is 1.31. The summed E-state index contributed by atoms with van der Waals surface area (Å²) in [6.45, 7) is 3.14. The molecule has 0 rings (SSSR count). The molecule has 0 bridgehead atoms. The quantitative estimate of drug-likeness (QED) is 0.593. The molecule has 0 aliphatic heterocycles. The highest BCUT2D eigenvalue weighted by Gasteiger charge is 2.04. The van der Waals surface area contributed by atoms with Crippen LogP contribution in [0.4, 0.5) is 0 Å². The Morgan fingerprint density at radius 3 is 2.00 bits per heavy atom. The normalized spacial score (nSPS) is 11.2. The Morgan fingerprint density at radius 2 is 2.00 bits per heavy atom. The minimum Gasteiger partial charge on any atom is -0.212 e. The van der Waals surface area contributed by atoms with Gasteiger partial charge in [-0.2, -0.15) is 0 Å². The Hall–Kier alpha value is 0.270. The minimum atomic E-state index is -3.48. The summed E-state index contributed by atoms with van der Waals surface area (Å²) in [7, 11) is 1.27. The van der Waals surface area contributed by atoms with Gasteiger partial charge in [0, 0.05) is 15.7 Å².